The van der Waals surface area contributed by atoms with Crippen LogP contribution in [0.5, 0.6) is 0 Å². The molecule has 1 unspecified atom stereocenters. The highest BCUT2D eigenvalue weighted by Gasteiger charge is 2.44. The number of hydrogen-bond donors (Lipinski definition) is 2. The lowest BCUT2D eigenvalue weighted by Crippen LogP contribution is -2.34. The van der Waals surface area contributed by atoms with E-state index in [0.29, 0.717) is 6.42 Å². The number of nitrogens with zero attached hydrogens (tertiary/aromatic N) is 2. The van der Waals surface area contributed by atoms with Crippen LogP contribution in [0.3, 0.4) is 0 Å². The standard InChI is InChI=1S/C24H40N2O6S2/c1-2-3-4-5-6-7-8-9-10-11-12-13-14-15-16-20-24(34(30,31)32)25-21-18-17-19-22(23(21)26-24)33(27,28)29/h17-19H,2-16,20H2,1H3,(H,27,28,29)(H,30,31,32). The van der Waals surface area contributed by atoms with Crippen molar-refractivity contribution in [2.45, 2.75) is 120 Å². The van der Waals surface area contributed by atoms with Crippen molar-refractivity contribution in [2.24, 2.45) is 9.98 Å². The van der Waals surface area contributed by atoms with Crippen molar-refractivity contribution in [1.82, 2.24) is 0 Å². The van der Waals surface area contributed by atoms with Crippen molar-refractivity contribution in [1.29, 1.82) is 0 Å². The van der Waals surface area contributed by atoms with E-state index in [2.05, 4.69) is 16.9 Å². The summed E-state index contributed by atoms with van der Waals surface area (Å²) in [6.45, 7) is 2.24. The summed E-state index contributed by atoms with van der Waals surface area (Å²) in [6, 6.07) is 3.88. The SMILES string of the molecule is CCCCCCCCCCCCCCCCCC1(S(=O)(=O)O)N=c2cccc(S(=O)(=O)O)c2=N1. The molecule has 1 heterocycles. The summed E-state index contributed by atoms with van der Waals surface area (Å²) in [5.74, 6) is 0. The average molecular weight is 517 g/mol. The number of benzene rings is 1. The summed E-state index contributed by atoms with van der Waals surface area (Å²) in [7, 11) is -9.33. The molecular weight excluding hydrogens is 476 g/mol. The topological polar surface area (TPSA) is 133 Å². The second-order valence-corrected chi connectivity index (χ2v) is 12.2. The zero-order chi connectivity index (χ0) is 25.1. The molecule has 0 saturated carbocycles. The van der Waals surface area contributed by atoms with Gasteiger partial charge in [-0.15, -0.1) is 0 Å². The monoisotopic (exact) mass is 516 g/mol. The van der Waals surface area contributed by atoms with E-state index in [1.54, 1.807) is 0 Å². The van der Waals surface area contributed by atoms with Gasteiger partial charge in [0.2, 0.25) is 0 Å². The van der Waals surface area contributed by atoms with E-state index in [9.17, 15) is 25.9 Å². The van der Waals surface area contributed by atoms with Gasteiger partial charge in [-0.3, -0.25) is 9.11 Å². The third-order valence-corrected chi connectivity index (χ3v) is 8.45. The highest BCUT2D eigenvalue weighted by molar-refractivity contribution is 7.87. The Balaban J connectivity index is 1.72. The Bertz CT molecular complexity index is 1100. The first kappa shape index (κ1) is 28.9. The van der Waals surface area contributed by atoms with Gasteiger partial charge in [0, 0.05) is 6.42 Å². The van der Waals surface area contributed by atoms with Gasteiger partial charge in [0.25, 0.3) is 15.1 Å². The van der Waals surface area contributed by atoms with Crippen LogP contribution in [0.4, 0.5) is 0 Å². The zero-order valence-electron chi connectivity index (χ0n) is 20.3. The minimum atomic E-state index is -4.72. The first-order valence-corrected chi connectivity index (χ1v) is 15.5. The third-order valence-electron chi connectivity index (χ3n) is 6.36. The Morgan fingerprint density at radius 1 is 0.706 bits per heavy atom. The number of unbranched alkanes of at least 4 members (excludes halogenated alkanes) is 14. The molecule has 0 fully saturated rings. The third kappa shape index (κ3) is 8.70. The molecule has 0 bridgehead atoms. The van der Waals surface area contributed by atoms with Gasteiger partial charge in [-0.2, -0.15) is 16.8 Å². The second kappa shape index (κ2) is 13.7. The van der Waals surface area contributed by atoms with E-state index in [1.807, 2.05) is 0 Å². The van der Waals surface area contributed by atoms with Crippen molar-refractivity contribution in [3.05, 3.63) is 28.9 Å². The van der Waals surface area contributed by atoms with Crippen molar-refractivity contribution in [3.63, 3.8) is 0 Å². The van der Waals surface area contributed by atoms with Crippen molar-refractivity contribution in [3.8, 4) is 0 Å². The molecule has 1 aliphatic heterocycles. The van der Waals surface area contributed by atoms with Crippen LogP contribution in [0.2, 0.25) is 0 Å². The Hall–Kier alpha value is -1.36. The van der Waals surface area contributed by atoms with E-state index >= 15 is 0 Å². The quantitative estimate of drug-likeness (QED) is 0.209. The summed E-state index contributed by atoms with van der Waals surface area (Å²) in [4.78, 5) is 5.35. The maximum absolute atomic E-state index is 12.1. The lowest BCUT2D eigenvalue weighted by molar-refractivity contribution is 0.405. The summed E-state index contributed by atoms with van der Waals surface area (Å²) in [5.41, 5.74) is 0. The van der Waals surface area contributed by atoms with Gasteiger partial charge < -0.3 is 0 Å². The van der Waals surface area contributed by atoms with Crippen LogP contribution in [0, 0.1) is 0 Å². The molecule has 0 radical (unpaired) electrons. The number of para-hydroxylation sites is 1. The molecule has 1 aromatic rings. The molecule has 8 nitrogen and oxygen atoms in total. The van der Waals surface area contributed by atoms with Crippen LogP contribution in [0.1, 0.15) is 110 Å². The predicted octanol–water partition coefficient (Wildman–Crippen LogP) is 4.99. The van der Waals surface area contributed by atoms with Crippen LogP contribution in [-0.2, 0) is 20.2 Å². The van der Waals surface area contributed by atoms with Gasteiger partial charge in [-0.1, -0.05) is 103 Å². The normalized spacial score (nSPS) is 17.9. The van der Waals surface area contributed by atoms with Gasteiger partial charge in [0.15, 0.2) is 0 Å². The van der Waals surface area contributed by atoms with Crippen molar-refractivity contribution < 1.29 is 25.9 Å². The predicted molar refractivity (Wildman–Crippen MR) is 132 cm³/mol. The first-order chi connectivity index (χ1) is 16.1. The molecule has 1 aliphatic rings. The highest BCUT2D eigenvalue weighted by Crippen LogP contribution is 2.29. The number of fused-ring (bicyclic) bond motifs is 1. The molecule has 0 saturated heterocycles. The molecular formula is C24H40N2O6S2. The van der Waals surface area contributed by atoms with Gasteiger partial charge in [-0.25, -0.2) is 9.98 Å². The van der Waals surface area contributed by atoms with E-state index in [1.165, 1.54) is 76.3 Å². The molecule has 34 heavy (non-hydrogen) atoms. The molecule has 194 valence electrons. The first-order valence-electron chi connectivity index (χ1n) is 12.6. The van der Waals surface area contributed by atoms with E-state index in [-0.39, 0.29) is 17.1 Å². The van der Waals surface area contributed by atoms with Crippen LogP contribution in [0.15, 0.2) is 33.1 Å². The van der Waals surface area contributed by atoms with Crippen LogP contribution >= 0.6 is 0 Å². The summed E-state index contributed by atoms with van der Waals surface area (Å²) >= 11 is 0. The van der Waals surface area contributed by atoms with Crippen LogP contribution < -0.4 is 10.7 Å². The second-order valence-electron chi connectivity index (χ2n) is 9.24. The fourth-order valence-electron chi connectivity index (χ4n) is 4.39. The molecule has 2 rings (SSSR count). The molecule has 0 aliphatic carbocycles. The Morgan fingerprint density at radius 2 is 1.18 bits per heavy atom. The number of hydrogen-bond acceptors (Lipinski definition) is 6. The van der Waals surface area contributed by atoms with Gasteiger partial charge in [-0.05, 0) is 18.6 Å². The average Bonchev–Trinajstić information content (AvgIpc) is 3.15. The molecule has 0 amide bonds. The van der Waals surface area contributed by atoms with Crippen LogP contribution in [-0.4, -0.2) is 30.9 Å². The smallest absolute Gasteiger partial charge is 0.282 e. The summed E-state index contributed by atoms with van der Waals surface area (Å²) < 4.78 is 66.7. The molecule has 1 atom stereocenters. The molecule has 10 heteroatoms. The van der Waals surface area contributed by atoms with E-state index in [0.717, 1.165) is 31.7 Å². The highest BCUT2D eigenvalue weighted by atomic mass is 32.2. The fourth-order valence-corrected chi connectivity index (χ4v) is 5.86. The fraction of sp³-hybridized carbons (Fsp3) is 0.750. The Morgan fingerprint density at radius 3 is 1.62 bits per heavy atom. The molecule has 2 N–H and O–H groups in total. The molecule has 0 spiro atoms. The van der Waals surface area contributed by atoms with Gasteiger partial charge in [0.1, 0.15) is 10.3 Å². The lowest BCUT2D eigenvalue weighted by Gasteiger charge is -2.19. The van der Waals surface area contributed by atoms with Gasteiger partial charge in [0.05, 0.1) is 5.36 Å². The minimum absolute atomic E-state index is 0.0220. The van der Waals surface area contributed by atoms with Gasteiger partial charge >= 0.3 is 10.1 Å². The maximum Gasteiger partial charge on any atom is 0.312 e. The van der Waals surface area contributed by atoms with E-state index < -0.39 is 30.1 Å². The zero-order valence-corrected chi connectivity index (χ0v) is 21.9. The Kier molecular flexibility index (Phi) is 11.6. The number of rotatable bonds is 18. The summed E-state index contributed by atoms with van der Waals surface area (Å²) in [5, 5.41) is -0.211. The van der Waals surface area contributed by atoms with E-state index in [4.69, 9.17) is 0 Å². The largest absolute Gasteiger partial charge is 0.312 e. The summed E-state index contributed by atoms with van der Waals surface area (Å²) in [6.07, 6.45) is 17.5. The van der Waals surface area contributed by atoms with Crippen molar-refractivity contribution >= 4 is 20.2 Å². The molecule has 0 aromatic heterocycles. The minimum Gasteiger partial charge on any atom is -0.282 e. The van der Waals surface area contributed by atoms with Crippen LogP contribution in [0.25, 0.3) is 0 Å². The maximum atomic E-state index is 12.1. The van der Waals surface area contributed by atoms with Crippen molar-refractivity contribution in [2.75, 3.05) is 0 Å². The molecule has 1 aromatic carbocycles. The lowest BCUT2D eigenvalue weighted by atomic mass is 10.0. The Labute approximate surface area is 204 Å².